The van der Waals surface area contributed by atoms with Gasteiger partial charge in [-0.05, 0) is 42.7 Å². The zero-order chi connectivity index (χ0) is 24.1. The number of carbonyl (C=O) groups excluding carboxylic acids is 2. The Morgan fingerprint density at radius 3 is 2.35 bits per heavy atom. The van der Waals surface area contributed by atoms with Gasteiger partial charge >= 0.3 is 0 Å². The molecule has 0 saturated carbocycles. The number of hydrogen-bond acceptors (Lipinski definition) is 5. The number of carbonyl (C=O) groups is 2. The van der Waals surface area contributed by atoms with E-state index in [1.54, 1.807) is 29.2 Å². The van der Waals surface area contributed by atoms with Gasteiger partial charge in [-0.25, -0.2) is 8.42 Å². The van der Waals surface area contributed by atoms with Crippen LogP contribution >= 0.6 is 0 Å². The van der Waals surface area contributed by atoms with Crippen LogP contribution < -0.4 is 10.6 Å². The summed E-state index contributed by atoms with van der Waals surface area (Å²) in [5, 5.41) is 9.89. The van der Waals surface area contributed by atoms with E-state index < -0.39 is 10.0 Å². The minimum absolute atomic E-state index is 0.112. The molecule has 9 nitrogen and oxygen atoms in total. The van der Waals surface area contributed by atoms with Crippen molar-refractivity contribution in [3.05, 3.63) is 78.1 Å². The summed E-state index contributed by atoms with van der Waals surface area (Å²) in [6.45, 7) is 2.60. The molecule has 2 N–H and O–H groups in total. The molecular weight excluding hydrogens is 454 g/mol. The maximum absolute atomic E-state index is 13.0. The molecular formula is C24H27N5O4S. The highest BCUT2D eigenvalue weighted by Crippen LogP contribution is 2.22. The highest BCUT2D eigenvalue weighted by Gasteiger charge is 2.30. The minimum Gasteiger partial charge on any atom is -0.349 e. The van der Waals surface area contributed by atoms with Crippen molar-refractivity contribution in [1.82, 2.24) is 19.4 Å². The van der Waals surface area contributed by atoms with Gasteiger partial charge in [0.1, 0.15) is 0 Å². The first-order chi connectivity index (χ1) is 16.3. The lowest BCUT2D eigenvalue weighted by Gasteiger charge is -2.31. The molecule has 1 saturated heterocycles. The van der Waals surface area contributed by atoms with Gasteiger partial charge in [-0.3, -0.25) is 14.3 Å². The van der Waals surface area contributed by atoms with Crippen molar-refractivity contribution in [2.24, 2.45) is 0 Å². The van der Waals surface area contributed by atoms with Gasteiger partial charge in [-0.1, -0.05) is 30.3 Å². The van der Waals surface area contributed by atoms with Crippen molar-refractivity contribution in [3.8, 4) is 0 Å². The maximum atomic E-state index is 13.0. The van der Waals surface area contributed by atoms with Crippen molar-refractivity contribution in [1.29, 1.82) is 0 Å². The Morgan fingerprint density at radius 1 is 1.03 bits per heavy atom. The molecule has 1 aromatic heterocycles. The third-order valence-corrected chi connectivity index (χ3v) is 7.60. The fourth-order valence-corrected chi connectivity index (χ4v) is 5.38. The van der Waals surface area contributed by atoms with Gasteiger partial charge in [-0.15, -0.1) is 0 Å². The van der Waals surface area contributed by atoms with E-state index in [0.29, 0.717) is 43.7 Å². The van der Waals surface area contributed by atoms with Gasteiger partial charge in [0.15, 0.2) is 0 Å². The van der Waals surface area contributed by atoms with E-state index in [1.165, 1.54) is 23.4 Å². The molecule has 4 rings (SSSR count). The summed E-state index contributed by atoms with van der Waals surface area (Å²) in [6.07, 6.45) is 4.30. The smallest absolute Gasteiger partial charge is 0.254 e. The Balaban J connectivity index is 1.30. The molecule has 0 radical (unpaired) electrons. The first kappa shape index (κ1) is 23.7. The molecule has 10 heteroatoms. The minimum atomic E-state index is -3.64. The molecule has 0 spiro atoms. The van der Waals surface area contributed by atoms with E-state index in [4.69, 9.17) is 0 Å². The Hall–Kier alpha value is -3.50. The Labute approximate surface area is 198 Å². The van der Waals surface area contributed by atoms with Crippen LogP contribution in [0.1, 0.15) is 35.7 Å². The summed E-state index contributed by atoms with van der Waals surface area (Å²) in [6, 6.07) is 15.9. The van der Waals surface area contributed by atoms with Crippen LogP contribution in [0.4, 0.5) is 5.69 Å². The lowest BCUT2D eigenvalue weighted by molar-refractivity contribution is -0.114. The number of sulfonamides is 1. The summed E-state index contributed by atoms with van der Waals surface area (Å²) in [4.78, 5) is 24.0. The standard InChI is InChI=1S/C24H27N5O4S/c1-18(30)26-21-7-9-23(10-8-21)34(32,33)29-13-11-22(12-14-29)27-24(31)20-15-25-28(17-20)16-19-5-3-2-4-6-19/h2-10,15,17,22H,11-14,16H2,1H3,(H,26,30)(H,27,31). The van der Waals surface area contributed by atoms with Crippen LogP contribution in [0.15, 0.2) is 71.9 Å². The molecule has 34 heavy (non-hydrogen) atoms. The van der Waals surface area contributed by atoms with E-state index in [-0.39, 0.29) is 22.8 Å². The van der Waals surface area contributed by atoms with E-state index in [9.17, 15) is 18.0 Å². The monoisotopic (exact) mass is 481 g/mol. The number of piperidine rings is 1. The van der Waals surface area contributed by atoms with Crippen LogP contribution in [-0.4, -0.2) is 53.4 Å². The van der Waals surface area contributed by atoms with Gasteiger partial charge in [0.05, 0.1) is 23.2 Å². The number of benzene rings is 2. The number of amides is 2. The number of aromatic nitrogens is 2. The number of nitrogens with zero attached hydrogens (tertiary/aromatic N) is 3. The lowest BCUT2D eigenvalue weighted by atomic mass is 10.1. The van der Waals surface area contributed by atoms with Crippen LogP contribution in [0, 0.1) is 0 Å². The maximum Gasteiger partial charge on any atom is 0.254 e. The Bertz CT molecular complexity index is 1250. The molecule has 178 valence electrons. The molecule has 2 amide bonds. The summed E-state index contributed by atoms with van der Waals surface area (Å²) >= 11 is 0. The molecule has 1 aliphatic rings. The number of rotatable bonds is 7. The number of anilines is 1. The van der Waals surface area contributed by atoms with Crippen molar-refractivity contribution < 1.29 is 18.0 Å². The van der Waals surface area contributed by atoms with Crippen molar-refractivity contribution in [2.45, 2.75) is 37.2 Å². The quantitative estimate of drug-likeness (QED) is 0.538. The number of hydrogen-bond donors (Lipinski definition) is 2. The summed E-state index contributed by atoms with van der Waals surface area (Å²) in [5.41, 5.74) is 2.11. The molecule has 2 heterocycles. The third kappa shape index (κ3) is 5.70. The second-order valence-corrected chi connectivity index (χ2v) is 10.2. The normalized spacial score (nSPS) is 15.1. The highest BCUT2D eigenvalue weighted by atomic mass is 32.2. The molecule has 1 fully saturated rings. The summed E-state index contributed by atoms with van der Waals surface area (Å²) in [5.74, 6) is -0.433. The Morgan fingerprint density at radius 2 is 1.71 bits per heavy atom. The van der Waals surface area contributed by atoms with Crippen LogP contribution in [0.3, 0.4) is 0 Å². The molecule has 0 aliphatic carbocycles. The lowest BCUT2D eigenvalue weighted by Crippen LogP contribution is -2.46. The first-order valence-corrected chi connectivity index (χ1v) is 12.5. The Kier molecular flexibility index (Phi) is 7.09. The highest BCUT2D eigenvalue weighted by molar-refractivity contribution is 7.89. The second-order valence-electron chi connectivity index (χ2n) is 8.27. The van der Waals surface area contributed by atoms with Crippen molar-refractivity contribution in [2.75, 3.05) is 18.4 Å². The fourth-order valence-electron chi connectivity index (χ4n) is 3.91. The van der Waals surface area contributed by atoms with Gasteiger partial charge in [0, 0.05) is 37.9 Å². The predicted molar refractivity (Wildman–Crippen MR) is 128 cm³/mol. The van der Waals surface area contributed by atoms with Crippen LogP contribution in [-0.2, 0) is 21.4 Å². The summed E-state index contributed by atoms with van der Waals surface area (Å²) in [7, 11) is -3.64. The van der Waals surface area contributed by atoms with Crippen molar-refractivity contribution in [3.63, 3.8) is 0 Å². The zero-order valence-electron chi connectivity index (χ0n) is 18.8. The number of nitrogens with one attached hydrogen (secondary N) is 2. The van der Waals surface area contributed by atoms with E-state index in [0.717, 1.165) is 5.56 Å². The van der Waals surface area contributed by atoms with Gasteiger partial charge in [-0.2, -0.15) is 9.40 Å². The zero-order valence-corrected chi connectivity index (χ0v) is 19.7. The topological polar surface area (TPSA) is 113 Å². The largest absolute Gasteiger partial charge is 0.349 e. The molecule has 1 aliphatic heterocycles. The van der Waals surface area contributed by atoms with E-state index in [1.807, 2.05) is 30.3 Å². The van der Waals surface area contributed by atoms with E-state index in [2.05, 4.69) is 15.7 Å². The van der Waals surface area contributed by atoms with Gasteiger partial charge in [0.25, 0.3) is 5.91 Å². The fraction of sp³-hybridized carbons (Fsp3) is 0.292. The molecule has 3 aromatic rings. The second kappa shape index (κ2) is 10.2. The van der Waals surface area contributed by atoms with E-state index >= 15 is 0 Å². The van der Waals surface area contributed by atoms with Gasteiger partial charge in [0.2, 0.25) is 15.9 Å². The van der Waals surface area contributed by atoms with Crippen LogP contribution in [0.25, 0.3) is 0 Å². The molecule has 0 unspecified atom stereocenters. The molecule has 2 aromatic carbocycles. The van der Waals surface area contributed by atoms with Gasteiger partial charge < -0.3 is 10.6 Å². The SMILES string of the molecule is CC(=O)Nc1ccc(S(=O)(=O)N2CCC(NC(=O)c3cnn(Cc4ccccc4)c3)CC2)cc1. The van der Waals surface area contributed by atoms with Crippen molar-refractivity contribution >= 4 is 27.5 Å². The van der Waals surface area contributed by atoms with Crippen LogP contribution in [0.2, 0.25) is 0 Å². The molecule has 0 bridgehead atoms. The molecule has 0 atom stereocenters. The average Bonchev–Trinajstić information content (AvgIpc) is 3.29. The van der Waals surface area contributed by atoms with Crippen LogP contribution in [0.5, 0.6) is 0 Å². The summed E-state index contributed by atoms with van der Waals surface area (Å²) < 4.78 is 29.1. The third-order valence-electron chi connectivity index (χ3n) is 5.68. The predicted octanol–water partition coefficient (Wildman–Crippen LogP) is 2.47. The average molecular weight is 482 g/mol. The first-order valence-electron chi connectivity index (χ1n) is 11.1.